The number of ether oxygens (including phenoxy) is 1. The third-order valence-electron chi connectivity index (χ3n) is 2.95. The highest BCUT2D eigenvalue weighted by atomic mass is 16.5. The van der Waals surface area contributed by atoms with Crippen LogP contribution in [0.25, 0.3) is 11.3 Å². The number of nitrogens with zero attached hydrogens (tertiary/aromatic N) is 3. The second-order valence-electron chi connectivity index (χ2n) is 4.49. The second-order valence-corrected chi connectivity index (χ2v) is 4.49. The fourth-order valence-electron chi connectivity index (χ4n) is 2.02. The number of rotatable bonds is 6. The van der Waals surface area contributed by atoms with Crippen molar-refractivity contribution in [1.82, 2.24) is 15.0 Å². The van der Waals surface area contributed by atoms with E-state index >= 15 is 0 Å². The first kappa shape index (κ1) is 14.9. The molecule has 0 saturated carbocycles. The zero-order valence-electron chi connectivity index (χ0n) is 12.1. The number of benzene rings is 1. The van der Waals surface area contributed by atoms with Gasteiger partial charge in [-0.2, -0.15) is 0 Å². The Balaban J connectivity index is 2.30. The van der Waals surface area contributed by atoms with Crippen molar-refractivity contribution < 1.29 is 14.3 Å². The molecule has 0 fully saturated rings. The normalized spacial score (nSPS) is 10.4. The van der Waals surface area contributed by atoms with Crippen LogP contribution in [0.5, 0.6) is 0 Å². The van der Waals surface area contributed by atoms with Gasteiger partial charge < -0.3 is 4.74 Å². The van der Waals surface area contributed by atoms with Crippen LogP contribution in [-0.4, -0.2) is 33.4 Å². The number of hydrogen-bond acceptors (Lipinski definition) is 5. The van der Waals surface area contributed by atoms with E-state index in [9.17, 15) is 9.59 Å². The minimum absolute atomic E-state index is 0.156. The summed E-state index contributed by atoms with van der Waals surface area (Å²) in [6.45, 7) is 3.88. The van der Waals surface area contributed by atoms with Gasteiger partial charge >= 0.3 is 5.97 Å². The van der Waals surface area contributed by atoms with Crippen molar-refractivity contribution >= 4 is 11.8 Å². The molecule has 0 atom stereocenters. The molecule has 0 spiro atoms. The lowest BCUT2D eigenvalue weighted by molar-refractivity contribution is -0.143. The van der Waals surface area contributed by atoms with Crippen molar-refractivity contribution in [3.05, 3.63) is 36.0 Å². The van der Waals surface area contributed by atoms with Gasteiger partial charge in [0.2, 0.25) is 0 Å². The van der Waals surface area contributed by atoms with Gasteiger partial charge in [-0.1, -0.05) is 35.5 Å². The first-order valence-corrected chi connectivity index (χ1v) is 6.79. The molecule has 0 radical (unpaired) electrons. The van der Waals surface area contributed by atoms with Gasteiger partial charge in [0.05, 0.1) is 25.3 Å². The zero-order valence-corrected chi connectivity index (χ0v) is 12.1. The number of aryl methyl sites for hydroxylation is 1. The van der Waals surface area contributed by atoms with Crippen LogP contribution in [0, 0.1) is 0 Å². The maximum atomic E-state index is 11.7. The SMILES string of the molecule is CCOC(=O)CCn1nnc(C(C)=O)c1-c1ccccc1. The standard InChI is InChI=1S/C15H17N3O3/c1-3-21-13(20)9-10-18-15(12-7-5-4-6-8-12)14(11(2)19)16-17-18/h4-8H,3,9-10H2,1-2H3. The summed E-state index contributed by atoms with van der Waals surface area (Å²) in [5.41, 5.74) is 1.79. The second kappa shape index (κ2) is 6.78. The van der Waals surface area contributed by atoms with Gasteiger partial charge in [-0.25, -0.2) is 4.68 Å². The molecule has 0 N–H and O–H groups in total. The molecular formula is C15H17N3O3. The van der Waals surface area contributed by atoms with E-state index < -0.39 is 0 Å². The van der Waals surface area contributed by atoms with E-state index in [4.69, 9.17) is 4.74 Å². The van der Waals surface area contributed by atoms with E-state index in [-0.39, 0.29) is 18.2 Å². The highest BCUT2D eigenvalue weighted by Gasteiger charge is 2.18. The number of carbonyl (C=O) groups excluding carboxylic acids is 2. The highest BCUT2D eigenvalue weighted by molar-refractivity contribution is 5.97. The van der Waals surface area contributed by atoms with Crippen molar-refractivity contribution in [2.24, 2.45) is 0 Å². The van der Waals surface area contributed by atoms with Crippen LogP contribution in [0.3, 0.4) is 0 Å². The van der Waals surface area contributed by atoms with E-state index in [1.807, 2.05) is 30.3 Å². The van der Waals surface area contributed by atoms with Gasteiger partial charge in [0, 0.05) is 12.5 Å². The molecule has 1 heterocycles. The smallest absolute Gasteiger partial charge is 0.307 e. The van der Waals surface area contributed by atoms with Crippen molar-refractivity contribution in [2.75, 3.05) is 6.61 Å². The fraction of sp³-hybridized carbons (Fsp3) is 0.333. The minimum Gasteiger partial charge on any atom is -0.466 e. The van der Waals surface area contributed by atoms with Gasteiger partial charge in [0.1, 0.15) is 0 Å². The third kappa shape index (κ3) is 3.53. The predicted molar refractivity (Wildman–Crippen MR) is 76.7 cm³/mol. The Morgan fingerprint density at radius 1 is 1.24 bits per heavy atom. The molecule has 0 aliphatic heterocycles. The molecule has 110 valence electrons. The van der Waals surface area contributed by atoms with Gasteiger partial charge in [0.25, 0.3) is 0 Å². The van der Waals surface area contributed by atoms with Crippen molar-refractivity contribution in [3.8, 4) is 11.3 Å². The number of aromatic nitrogens is 3. The number of ketones is 1. The van der Waals surface area contributed by atoms with E-state index in [1.54, 1.807) is 11.6 Å². The van der Waals surface area contributed by atoms with E-state index in [0.717, 1.165) is 5.56 Å². The number of esters is 1. The first-order valence-electron chi connectivity index (χ1n) is 6.79. The Labute approximate surface area is 122 Å². The molecule has 21 heavy (non-hydrogen) atoms. The molecule has 0 bridgehead atoms. The van der Waals surface area contributed by atoms with Crippen LogP contribution in [-0.2, 0) is 16.1 Å². The van der Waals surface area contributed by atoms with Crippen LogP contribution < -0.4 is 0 Å². The van der Waals surface area contributed by atoms with Gasteiger partial charge in [0.15, 0.2) is 11.5 Å². The maximum Gasteiger partial charge on any atom is 0.307 e. The summed E-state index contributed by atoms with van der Waals surface area (Å²) in [6, 6.07) is 9.41. The molecule has 2 aromatic rings. The lowest BCUT2D eigenvalue weighted by Crippen LogP contribution is -2.11. The predicted octanol–water partition coefficient (Wildman–Crippen LogP) is 2.10. The average molecular weight is 287 g/mol. The Hall–Kier alpha value is -2.50. The first-order chi connectivity index (χ1) is 10.1. The molecule has 0 aliphatic carbocycles. The molecule has 0 saturated heterocycles. The van der Waals surface area contributed by atoms with Crippen molar-refractivity contribution in [2.45, 2.75) is 26.8 Å². The largest absolute Gasteiger partial charge is 0.466 e. The van der Waals surface area contributed by atoms with E-state index in [2.05, 4.69) is 10.3 Å². The highest BCUT2D eigenvalue weighted by Crippen LogP contribution is 2.22. The Kier molecular flexibility index (Phi) is 4.81. The molecule has 1 aromatic carbocycles. The number of carbonyl (C=O) groups is 2. The fourth-order valence-corrected chi connectivity index (χ4v) is 2.02. The Morgan fingerprint density at radius 2 is 1.95 bits per heavy atom. The molecule has 6 nitrogen and oxygen atoms in total. The summed E-state index contributed by atoms with van der Waals surface area (Å²) in [5, 5.41) is 7.91. The molecule has 0 aliphatic rings. The molecule has 2 rings (SSSR count). The number of Topliss-reactive ketones (excluding diaryl/α,β-unsaturated/α-hetero) is 1. The summed E-state index contributed by atoms with van der Waals surface area (Å²) in [4.78, 5) is 23.1. The summed E-state index contributed by atoms with van der Waals surface area (Å²) in [6.07, 6.45) is 0.189. The molecule has 0 unspecified atom stereocenters. The van der Waals surface area contributed by atoms with Gasteiger partial charge in [-0.05, 0) is 6.92 Å². The third-order valence-corrected chi connectivity index (χ3v) is 2.95. The van der Waals surface area contributed by atoms with Crippen molar-refractivity contribution in [1.29, 1.82) is 0 Å². The monoisotopic (exact) mass is 287 g/mol. The topological polar surface area (TPSA) is 74.1 Å². The van der Waals surface area contributed by atoms with Gasteiger partial charge in [-0.3, -0.25) is 9.59 Å². The minimum atomic E-state index is -0.295. The lowest BCUT2D eigenvalue weighted by Gasteiger charge is -2.07. The van der Waals surface area contributed by atoms with E-state index in [0.29, 0.717) is 24.5 Å². The average Bonchev–Trinajstić information content (AvgIpc) is 2.90. The van der Waals surface area contributed by atoms with Crippen LogP contribution in [0.2, 0.25) is 0 Å². The Morgan fingerprint density at radius 3 is 2.57 bits per heavy atom. The van der Waals surface area contributed by atoms with Crippen LogP contribution in [0.4, 0.5) is 0 Å². The van der Waals surface area contributed by atoms with Gasteiger partial charge in [-0.15, -0.1) is 5.10 Å². The quantitative estimate of drug-likeness (QED) is 0.601. The molecule has 6 heteroatoms. The summed E-state index contributed by atoms with van der Waals surface area (Å²) >= 11 is 0. The van der Waals surface area contributed by atoms with Crippen LogP contribution >= 0.6 is 0 Å². The summed E-state index contributed by atoms with van der Waals surface area (Å²) in [5.74, 6) is -0.451. The van der Waals surface area contributed by atoms with Crippen LogP contribution in [0.1, 0.15) is 30.8 Å². The molecule has 1 aromatic heterocycles. The Bertz CT molecular complexity index is 635. The molecule has 0 amide bonds. The lowest BCUT2D eigenvalue weighted by atomic mass is 10.1. The maximum absolute atomic E-state index is 11.7. The van der Waals surface area contributed by atoms with E-state index in [1.165, 1.54) is 6.92 Å². The summed E-state index contributed by atoms with van der Waals surface area (Å²) in [7, 11) is 0. The van der Waals surface area contributed by atoms with Crippen molar-refractivity contribution in [3.63, 3.8) is 0 Å². The number of hydrogen-bond donors (Lipinski definition) is 0. The van der Waals surface area contributed by atoms with Crippen LogP contribution in [0.15, 0.2) is 30.3 Å². The summed E-state index contributed by atoms with van der Waals surface area (Å²) < 4.78 is 6.47. The molecular weight excluding hydrogens is 270 g/mol. The zero-order chi connectivity index (χ0) is 15.2.